The number of nitrogens with zero attached hydrogens (tertiary/aromatic N) is 1. The predicted octanol–water partition coefficient (Wildman–Crippen LogP) is 3.38. The summed E-state index contributed by atoms with van der Waals surface area (Å²) in [5, 5.41) is 26.4. The summed E-state index contributed by atoms with van der Waals surface area (Å²) in [7, 11) is 0. The summed E-state index contributed by atoms with van der Waals surface area (Å²) in [5.74, 6) is 0.454. The van der Waals surface area contributed by atoms with Crippen LogP contribution in [-0.2, 0) is 16.6 Å². The van der Waals surface area contributed by atoms with Gasteiger partial charge in [-0.3, -0.25) is 9.69 Å². The normalized spacial score (nSPS) is 33.6. The maximum absolute atomic E-state index is 13.0. The van der Waals surface area contributed by atoms with E-state index in [9.17, 15) is 15.0 Å². The Labute approximate surface area is 211 Å². The van der Waals surface area contributed by atoms with Gasteiger partial charge < -0.3 is 20.3 Å². The molecule has 1 spiro atoms. The lowest BCUT2D eigenvalue weighted by atomic mass is 9.48. The zero-order chi connectivity index (χ0) is 24.7. The number of ether oxygens (including phenoxy) is 1. The highest BCUT2D eigenvalue weighted by molar-refractivity contribution is 5.92. The zero-order valence-corrected chi connectivity index (χ0v) is 20.5. The Morgan fingerprint density at radius 2 is 2.14 bits per heavy atom. The van der Waals surface area contributed by atoms with Crippen LogP contribution < -0.4 is 10.1 Å². The van der Waals surface area contributed by atoms with Gasteiger partial charge in [-0.15, -0.1) is 0 Å². The minimum atomic E-state index is -0.962. The topological polar surface area (TPSA) is 82.0 Å². The van der Waals surface area contributed by atoms with E-state index in [1.54, 1.807) is 12.1 Å². The van der Waals surface area contributed by atoms with Crippen LogP contribution >= 0.6 is 0 Å². The number of benzene rings is 2. The molecule has 5 atom stereocenters. The van der Waals surface area contributed by atoms with Gasteiger partial charge in [0.2, 0.25) is 5.91 Å². The molecule has 36 heavy (non-hydrogen) atoms. The van der Waals surface area contributed by atoms with Crippen molar-refractivity contribution in [2.24, 2.45) is 0 Å². The van der Waals surface area contributed by atoms with Crippen LogP contribution in [0.4, 0.5) is 0 Å². The van der Waals surface area contributed by atoms with Crippen molar-refractivity contribution in [2.45, 2.75) is 68.2 Å². The first-order chi connectivity index (χ1) is 17.4. The van der Waals surface area contributed by atoms with Gasteiger partial charge in [-0.25, -0.2) is 0 Å². The maximum atomic E-state index is 13.0. The number of hydrogen-bond acceptors (Lipinski definition) is 5. The molecule has 2 bridgehead atoms. The first-order valence-corrected chi connectivity index (χ1v) is 13.1. The minimum absolute atomic E-state index is 0.000268. The third kappa shape index (κ3) is 3.07. The first-order valence-electron chi connectivity index (χ1n) is 13.1. The molecule has 2 aromatic rings. The van der Waals surface area contributed by atoms with Crippen molar-refractivity contribution in [1.29, 1.82) is 0 Å². The van der Waals surface area contributed by atoms with E-state index in [0.29, 0.717) is 18.6 Å². The van der Waals surface area contributed by atoms with Crippen LogP contribution in [0.1, 0.15) is 47.9 Å². The third-order valence-corrected chi connectivity index (χ3v) is 9.27. The van der Waals surface area contributed by atoms with E-state index in [1.807, 2.05) is 43.3 Å². The number of amides is 1. The molecule has 1 amide bonds. The second kappa shape index (κ2) is 7.70. The molecule has 0 aromatic heterocycles. The lowest BCUT2D eigenvalue weighted by Gasteiger charge is -2.64. The summed E-state index contributed by atoms with van der Waals surface area (Å²) in [4.78, 5) is 15.5. The number of aryl methyl sites for hydroxylation is 1. The monoisotopic (exact) mass is 484 g/mol. The largest absolute Gasteiger partial charge is 0.504 e. The fraction of sp³-hybridized carbons (Fsp3) is 0.433. The number of carbonyl (C=O) groups is 1. The number of aliphatic hydroxyl groups is 1. The van der Waals surface area contributed by atoms with Gasteiger partial charge in [-0.1, -0.05) is 47.5 Å². The number of piperidine rings is 1. The molecular formula is C30H32N2O4. The van der Waals surface area contributed by atoms with Crippen LogP contribution in [0, 0.1) is 6.92 Å². The van der Waals surface area contributed by atoms with Gasteiger partial charge >= 0.3 is 0 Å². The van der Waals surface area contributed by atoms with E-state index in [2.05, 4.69) is 16.3 Å². The van der Waals surface area contributed by atoms with Gasteiger partial charge in [0.15, 0.2) is 11.5 Å². The summed E-state index contributed by atoms with van der Waals surface area (Å²) in [6, 6.07) is 11.5. The number of hydrogen-bond donors (Lipinski definition) is 3. The Balaban J connectivity index is 1.23. The molecule has 1 saturated heterocycles. The van der Waals surface area contributed by atoms with Crippen LogP contribution in [0.25, 0.3) is 6.08 Å². The SMILES string of the molecule is Cc1cccc(/C=C/C(=O)NC2CC[C@@]3(O)[C@H]4Cc5ccc(O)c6c5[C@@]3(CCN4CC3=CC3)[C@H]2O6)c1. The number of phenols is 1. The number of likely N-dealkylation sites (tertiary alicyclic amines) is 1. The van der Waals surface area contributed by atoms with Crippen molar-refractivity contribution < 1.29 is 19.7 Å². The van der Waals surface area contributed by atoms with Crippen LogP contribution in [0.15, 0.2) is 54.1 Å². The lowest BCUT2D eigenvalue weighted by Crippen LogP contribution is -2.78. The molecule has 6 heteroatoms. The lowest BCUT2D eigenvalue weighted by molar-refractivity contribution is -0.190. The standard InChI is InChI=1S/C30H32N2O4/c1-18-3-2-4-19(15-18)7-10-25(34)31-22-11-12-30(35)24-16-21-8-9-23(33)27-26(21)29(30,28(22)36-27)13-14-32(24)17-20-5-6-20/h2-5,7-10,15,22,24,28,33,35H,6,11-14,16-17H2,1H3,(H,31,34)/b10-7+/t22?,24-,28+,29+,30-/m1/s1. The molecule has 1 unspecified atom stereocenters. The molecular weight excluding hydrogens is 452 g/mol. The smallest absolute Gasteiger partial charge is 0.244 e. The van der Waals surface area contributed by atoms with Crippen LogP contribution in [-0.4, -0.2) is 57.9 Å². The van der Waals surface area contributed by atoms with E-state index in [-0.39, 0.29) is 23.7 Å². The Morgan fingerprint density at radius 1 is 1.28 bits per heavy atom. The summed E-state index contributed by atoms with van der Waals surface area (Å²) < 4.78 is 6.52. The Bertz CT molecular complexity index is 1330. The highest BCUT2D eigenvalue weighted by Crippen LogP contribution is 2.65. The van der Waals surface area contributed by atoms with Crippen molar-refractivity contribution in [1.82, 2.24) is 10.2 Å². The van der Waals surface area contributed by atoms with E-state index < -0.39 is 17.1 Å². The van der Waals surface area contributed by atoms with Crippen molar-refractivity contribution >= 4 is 12.0 Å². The average Bonchev–Trinajstić information content (AvgIpc) is 3.60. The molecule has 2 fully saturated rings. The van der Waals surface area contributed by atoms with Crippen LogP contribution in [0.2, 0.25) is 0 Å². The predicted molar refractivity (Wildman–Crippen MR) is 137 cm³/mol. The number of allylic oxidation sites excluding steroid dienone is 1. The molecule has 2 heterocycles. The number of aromatic hydroxyl groups is 1. The molecule has 3 aliphatic carbocycles. The quantitative estimate of drug-likeness (QED) is 0.448. The molecule has 1 saturated carbocycles. The first kappa shape index (κ1) is 22.1. The molecule has 2 aromatic carbocycles. The molecule has 7 rings (SSSR count). The number of carbonyl (C=O) groups excluding carboxylic acids is 1. The minimum Gasteiger partial charge on any atom is -0.504 e. The van der Waals surface area contributed by atoms with Crippen molar-refractivity contribution in [3.05, 3.63) is 76.4 Å². The van der Waals surface area contributed by atoms with Crippen LogP contribution in [0.5, 0.6) is 11.5 Å². The summed E-state index contributed by atoms with van der Waals surface area (Å²) in [6.45, 7) is 3.81. The molecule has 6 nitrogen and oxygen atoms in total. The highest BCUT2D eigenvalue weighted by Gasteiger charge is 2.73. The molecule has 5 aliphatic rings. The summed E-state index contributed by atoms with van der Waals surface area (Å²) in [5.41, 5.74) is 4.11. The van der Waals surface area contributed by atoms with Gasteiger partial charge in [0.25, 0.3) is 0 Å². The van der Waals surface area contributed by atoms with E-state index >= 15 is 0 Å². The summed E-state index contributed by atoms with van der Waals surface area (Å²) >= 11 is 0. The van der Waals surface area contributed by atoms with Crippen molar-refractivity contribution in [3.8, 4) is 11.5 Å². The van der Waals surface area contributed by atoms with Crippen molar-refractivity contribution in [3.63, 3.8) is 0 Å². The molecule has 2 aliphatic heterocycles. The van der Waals surface area contributed by atoms with Gasteiger partial charge in [-0.05, 0) is 62.3 Å². The Morgan fingerprint density at radius 3 is 2.94 bits per heavy atom. The Kier molecular flexibility index (Phi) is 4.74. The second-order valence-electron chi connectivity index (χ2n) is 11.3. The summed E-state index contributed by atoms with van der Waals surface area (Å²) in [6.07, 6.45) is 9.05. The van der Waals surface area contributed by atoms with Gasteiger partial charge in [0.05, 0.1) is 17.1 Å². The van der Waals surface area contributed by atoms with E-state index in [0.717, 1.165) is 54.6 Å². The fourth-order valence-corrected chi connectivity index (χ4v) is 7.61. The van der Waals surface area contributed by atoms with E-state index in [4.69, 9.17) is 4.74 Å². The van der Waals surface area contributed by atoms with Crippen molar-refractivity contribution in [2.75, 3.05) is 13.1 Å². The molecule has 0 radical (unpaired) electrons. The molecule has 3 N–H and O–H groups in total. The average molecular weight is 485 g/mol. The maximum Gasteiger partial charge on any atom is 0.244 e. The second-order valence-corrected chi connectivity index (χ2v) is 11.3. The highest BCUT2D eigenvalue weighted by atomic mass is 16.5. The zero-order valence-electron chi connectivity index (χ0n) is 20.5. The van der Waals surface area contributed by atoms with E-state index in [1.165, 1.54) is 5.57 Å². The van der Waals surface area contributed by atoms with Gasteiger partial charge in [-0.2, -0.15) is 0 Å². The Hall–Kier alpha value is -3.09. The van der Waals surface area contributed by atoms with Crippen LogP contribution in [0.3, 0.4) is 0 Å². The molecule has 186 valence electrons. The third-order valence-electron chi connectivity index (χ3n) is 9.27. The van der Waals surface area contributed by atoms with Gasteiger partial charge in [0.1, 0.15) is 6.10 Å². The van der Waals surface area contributed by atoms with Gasteiger partial charge in [0, 0.05) is 30.8 Å². The number of phenolic OH excluding ortho intramolecular Hbond substituents is 1. The number of nitrogens with one attached hydrogen (secondary N) is 1. The number of rotatable bonds is 5. The fourth-order valence-electron chi connectivity index (χ4n) is 7.61.